The summed E-state index contributed by atoms with van der Waals surface area (Å²) in [6.45, 7) is 3.62. The minimum atomic E-state index is -3.32. The average molecular weight is 605 g/mol. The van der Waals surface area contributed by atoms with E-state index in [0.29, 0.717) is 24.0 Å². The van der Waals surface area contributed by atoms with Gasteiger partial charge >= 0.3 is 0 Å². The Balaban J connectivity index is 0.000000612. The molecule has 0 aliphatic heterocycles. The molecule has 5 rings (SSSR count). The predicted molar refractivity (Wildman–Crippen MR) is 147 cm³/mol. The number of rotatable bonds is 8. The van der Waals surface area contributed by atoms with E-state index in [9.17, 15) is 13.2 Å². The third kappa shape index (κ3) is 7.14. The van der Waals surface area contributed by atoms with Crippen LogP contribution in [0.1, 0.15) is 46.2 Å². The van der Waals surface area contributed by atoms with E-state index in [0.717, 1.165) is 42.6 Å². The molecular formula is C30H31N2O4SY-. The molecule has 195 valence electrons. The zero-order valence-corrected chi connectivity index (χ0v) is 25.6. The molecule has 1 aromatic heterocycles. The summed E-state index contributed by atoms with van der Waals surface area (Å²) in [4.78, 5) is 16.1. The zero-order chi connectivity index (χ0) is 26.4. The first kappa shape index (κ1) is 30.1. The Hall–Kier alpha value is -2.45. The van der Waals surface area contributed by atoms with Gasteiger partial charge in [0.2, 0.25) is 0 Å². The molecule has 1 aliphatic carbocycles. The predicted octanol–water partition coefficient (Wildman–Crippen LogP) is 5.32. The molecule has 0 unspecified atom stereocenters. The number of aromatic nitrogens is 2. The molecule has 0 saturated carbocycles. The van der Waals surface area contributed by atoms with Crippen LogP contribution in [0.15, 0.2) is 71.6 Å². The van der Waals surface area contributed by atoms with E-state index in [4.69, 9.17) is 9.72 Å². The molecule has 0 fully saturated rings. The van der Waals surface area contributed by atoms with Crippen LogP contribution in [0.4, 0.5) is 0 Å². The maximum atomic E-state index is 12.1. The van der Waals surface area contributed by atoms with Crippen LogP contribution < -0.4 is 0 Å². The van der Waals surface area contributed by atoms with E-state index in [-0.39, 0.29) is 37.6 Å². The number of fused-ring (bicyclic) bond motifs is 2. The number of benzene rings is 3. The van der Waals surface area contributed by atoms with Gasteiger partial charge in [-0.1, -0.05) is 42.8 Å². The van der Waals surface area contributed by atoms with Crippen LogP contribution in [0.25, 0.3) is 16.6 Å². The number of carbonyl (C=O) groups is 1. The molecule has 0 spiro atoms. The Morgan fingerprint density at radius 2 is 1.89 bits per heavy atom. The molecule has 1 radical (unpaired) electrons. The Kier molecular flexibility index (Phi) is 10.7. The molecule has 8 heteroatoms. The number of nitrogens with zero attached hydrogens (tertiary/aromatic N) is 2. The van der Waals surface area contributed by atoms with Gasteiger partial charge < -0.3 is 9.30 Å². The topological polar surface area (TPSA) is 78.3 Å². The van der Waals surface area contributed by atoms with Crippen LogP contribution in [0, 0.1) is 6.07 Å². The minimum absolute atomic E-state index is 0. The molecular weight excluding hydrogens is 573 g/mol. The van der Waals surface area contributed by atoms with Gasteiger partial charge in [-0.3, -0.25) is 4.79 Å². The van der Waals surface area contributed by atoms with Gasteiger partial charge in [0.25, 0.3) is 0 Å². The van der Waals surface area contributed by atoms with Crippen molar-refractivity contribution in [2.45, 2.75) is 37.6 Å². The largest absolute Gasteiger partial charge is 0.385 e. The molecule has 0 bridgehead atoms. The van der Waals surface area contributed by atoms with Crippen molar-refractivity contribution < 1.29 is 50.7 Å². The van der Waals surface area contributed by atoms with Crippen molar-refractivity contribution in [3.05, 3.63) is 101 Å². The van der Waals surface area contributed by atoms with Gasteiger partial charge in [-0.15, -0.1) is 11.1 Å². The SMILES string of the molecule is CCCOC.CS(=O)(=O)c1ccc2c(c1)nc(Cc1ccc(C=O)cc1)n2CC1=CCc2cc[c-]cc21.[Y]. The number of allylic oxidation sites excluding steroid dienone is 2. The fourth-order valence-electron chi connectivity index (χ4n) is 4.40. The first-order valence-corrected chi connectivity index (χ1v) is 14.1. The van der Waals surface area contributed by atoms with Crippen LogP contribution >= 0.6 is 0 Å². The molecule has 38 heavy (non-hydrogen) atoms. The summed E-state index contributed by atoms with van der Waals surface area (Å²) in [5.74, 6) is 0.846. The Bertz CT molecular complexity index is 1540. The number of hydrogen-bond acceptors (Lipinski definition) is 5. The summed E-state index contributed by atoms with van der Waals surface area (Å²) in [6, 6.07) is 21.8. The van der Waals surface area contributed by atoms with Crippen molar-refractivity contribution in [3.63, 3.8) is 0 Å². The summed E-state index contributed by atoms with van der Waals surface area (Å²) < 4.78 is 31.0. The standard InChI is InChI=1S/C26H21N2O3S.C4H10O.Y/c1-32(30,31)22-12-13-25-24(15-22)27-26(14-18-6-8-19(17-29)9-7-18)28(25)16-21-11-10-20-4-2-3-5-23(20)21;1-3-4-5-2;/h2,4-9,11-13,15,17H,10,14,16H2,1H3;3-4H2,1-2H3;/q-1;;. The van der Waals surface area contributed by atoms with E-state index in [1.165, 1.54) is 23.0 Å². The maximum Gasteiger partial charge on any atom is 0.175 e. The van der Waals surface area contributed by atoms with Gasteiger partial charge in [-0.25, -0.2) is 13.4 Å². The van der Waals surface area contributed by atoms with Crippen molar-refractivity contribution in [1.29, 1.82) is 0 Å². The number of sulfone groups is 1. The number of aldehydes is 1. The fraction of sp³-hybridized carbons (Fsp3) is 0.267. The summed E-state index contributed by atoms with van der Waals surface area (Å²) in [5.41, 5.74) is 6.91. The number of imidazole rings is 1. The van der Waals surface area contributed by atoms with Gasteiger partial charge in [0.15, 0.2) is 9.84 Å². The van der Waals surface area contributed by atoms with Crippen molar-refractivity contribution >= 4 is 32.7 Å². The Morgan fingerprint density at radius 3 is 2.53 bits per heavy atom. The molecule has 1 aliphatic rings. The van der Waals surface area contributed by atoms with E-state index in [1.807, 2.05) is 30.3 Å². The van der Waals surface area contributed by atoms with Crippen molar-refractivity contribution in [2.24, 2.45) is 0 Å². The molecule has 0 N–H and O–H groups in total. The van der Waals surface area contributed by atoms with E-state index in [2.05, 4.69) is 29.7 Å². The van der Waals surface area contributed by atoms with Crippen LogP contribution in [0.2, 0.25) is 0 Å². The number of hydrogen-bond donors (Lipinski definition) is 0. The van der Waals surface area contributed by atoms with Crippen molar-refractivity contribution in [3.8, 4) is 0 Å². The Morgan fingerprint density at radius 1 is 1.13 bits per heavy atom. The Labute approximate surface area is 249 Å². The first-order valence-electron chi connectivity index (χ1n) is 12.2. The van der Waals surface area contributed by atoms with E-state index in [1.54, 1.807) is 31.4 Å². The van der Waals surface area contributed by atoms with Gasteiger partial charge in [-0.05, 0) is 36.6 Å². The van der Waals surface area contributed by atoms with Crippen LogP contribution in [-0.2, 0) is 66.7 Å². The van der Waals surface area contributed by atoms with E-state index >= 15 is 0 Å². The van der Waals surface area contributed by atoms with Crippen molar-refractivity contribution in [1.82, 2.24) is 9.55 Å². The summed E-state index contributed by atoms with van der Waals surface area (Å²) >= 11 is 0. The average Bonchev–Trinajstić information content (AvgIpc) is 3.46. The maximum absolute atomic E-state index is 12.1. The van der Waals surface area contributed by atoms with E-state index < -0.39 is 9.84 Å². The molecule has 0 saturated heterocycles. The molecule has 3 aromatic carbocycles. The third-order valence-corrected chi connectivity index (χ3v) is 7.42. The number of carbonyl (C=O) groups excluding carboxylic acids is 1. The second-order valence-electron chi connectivity index (χ2n) is 9.08. The molecule has 4 aromatic rings. The minimum Gasteiger partial charge on any atom is -0.385 e. The molecule has 0 amide bonds. The molecule has 6 nitrogen and oxygen atoms in total. The van der Waals surface area contributed by atoms with Gasteiger partial charge in [0.05, 0.1) is 15.9 Å². The van der Waals surface area contributed by atoms with Crippen molar-refractivity contribution in [2.75, 3.05) is 20.0 Å². The quantitative estimate of drug-likeness (QED) is 0.201. The van der Waals surface area contributed by atoms with Gasteiger partial charge in [0, 0.05) is 71.2 Å². The van der Waals surface area contributed by atoms with Gasteiger partial charge in [-0.2, -0.15) is 24.3 Å². The smallest absolute Gasteiger partial charge is 0.175 e. The summed E-state index contributed by atoms with van der Waals surface area (Å²) in [6.07, 6.45) is 6.86. The second kappa shape index (κ2) is 13.6. The summed E-state index contributed by atoms with van der Waals surface area (Å²) in [5, 5.41) is 0. The normalized spacial score (nSPS) is 12.2. The number of methoxy groups -OCH3 is 1. The third-order valence-electron chi connectivity index (χ3n) is 6.31. The molecule has 1 heterocycles. The van der Waals surface area contributed by atoms with Crippen LogP contribution in [0.5, 0.6) is 0 Å². The van der Waals surface area contributed by atoms with Crippen LogP contribution in [0.3, 0.4) is 0 Å². The zero-order valence-electron chi connectivity index (χ0n) is 22.0. The van der Waals surface area contributed by atoms with Gasteiger partial charge in [0.1, 0.15) is 12.1 Å². The fourth-order valence-corrected chi connectivity index (χ4v) is 5.05. The first-order chi connectivity index (χ1) is 17.8. The summed E-state index contributed by atoms with van der Waals surface area (Å²) in [7, 11) is -1.61. The molecule has 0 atom stereocenters. The van der Waals surface area contributed by atoms with Crippen LogP contribution in [-0.4, -0.2) is 44.2 Å². The monoisotopic (exact) mass is 604 g/mol. The second-order valence-corrected chi connectivity index (χ2v) is 11.1. The number of ether oxygens (including phenoxy) is 1.